The second kappa shape index (κ2) is 16.0. The fourth-order valence-corrected chi connectivity index (χ4v) is 3.27. The van der Waals surface area contributed by atoms with E-state index in [1.807, 2.05) is 0 Å². The van der Waals surface area contributed by atoms with E-state index in [0.29, 0.717) is 6.54 Å². The number of aliphatic hydroxyl groups excluding tert-OH is 1. The zero-order valence-corrected chi connectivity index (χ0v) is 18.3. The van der Waals surface area contributed by atoms with Crippen molar-refractivity contribution in [3.63, 3.8) is 0 Å². The molecule has 1 aromatic rings. The van der Waals surface area contributed by atoms with Crippen molar-refractivity contribution in [3.8, 4) is 0 Å². The maximum Gasteiger partial charge on any atom is 0.287 e. The lowest BCUT2D eigenvalue weighted by molar-refractivity contribution is -0.130. The molecule has 1 heterocycles. The van der Waals surface area contributed by atoms with Gasteiger partial charge >= 0.3 is 0 Å². The van der Waals surface area contributed by atoms with Gasteiger partial charge < -0.3 is 20.2 Å². The number of unbranched alkanes of at least 4 members (excludes halogenated alkanes) is 11. The standard InChI is InChI=1S/C23H40N2O4/c1-3-4-5-6-7-8-9-10-11-12-13-14-17-24-23(28)21(26)19(2)25-22(27)20-16-15-18-29-20/h15-16,18-19,21,26H,3-14,17H2,1-2H3,(H,24,28)(H,25,27)/t19-,21+/m0/s1. The Morgan fingerprint density at radius 1 is 0.966 bits per heavy atom. The van der Waals surface area contributed by atoms with Crippen LogP contribution in [0.5, 0.6) is 0 Å². The van der Waals surface area contributed by atoms with E-state index in [1.54, 1.807) is 13.0 Å². The molecule has 0 aliphatic carbocycles. The van der Waals surface area contributed by atoms with Crippen molar-refractivity contribution in [2.24, 2.45) is 0 Å². The molecule has 29 heavy (non-hydrogen) atoms. The predicted molar refractivity (Wildman–Crippen MR) is 116 cm³/mol. The first-order chi connectivity index (χ1) is 14.1. The van der Waals surface area contributed by atoms with Gasteiger partial charge in [0.2, 0.25) is 0 Å². The fraction of sp³-hybridized carbons (Fsp3) is 0.739. The molecule has 3 N–H and O–H groups in total. The summed E-state index contributed by atoms with van der Waals surface area (Å²) in [6.07, 6.45) is 15.3. The molecule has 2 atom stereocenters. The minimum atomic E-state index is -1.29. The quantitative estimate of drug-likeness (QED) is 0.329. The molecule has 0 saturated heterocycles. The Morgan fingerprint density at radius 3 is 2.03 bits per heavy atom. The van der Waals surface area contributed by atoms with Crippen LogP contribution in [0, 0.1) is 0 Å². The summed E-state index contributed by atoms with van der Waals surface area (Å²) < 4.78 is 5.00. The van der Waals surface area contributed by atoms with Gasteiger partial charge in [0.05, 0.1) is 12.3 Å². The lowest BCUT2D eigenvalue weighted by atomic mass is 10.1. The predicted octanol–water partition coefficient (Wildman–Crippen LogP) is 4.58. The number of nitrogens with one attached hydrogen (secondary N) is 2. The van der Waals surface area contributed by atoms with E-state index in [4.69, 9.17) is 4.42 Å². The van der Waals surface area contributed by atoms with Crippen molar-refractivity contribution in [1.82, 2.24) is 10.6 Å². The van der Waals surface area contributed by atoms with Crippen LogP contribution >= 0.6 is 0 Å². The lowest BCUT2D eigenvalue weighted by Crippen LogP contribution is -2.49. The Hall–Kier alpha value is -1.82. The van der Waals surface area contributed by atoms with Crippen molar-refractivity contribution in [2.45, 2.75) is 103 Å². The number of rotatable bonds is 17. The molecule has 166 valence electrons. The molecular weight excluding hydrogens is 368 g/mol. The average molecular weight is 409 g/mol. The molecule has 0 unspecified atom stereocenters. The smallest absolute Gasteiger partial charge is 0.287 e. The summed E-state index contributed by atoms with van der Waals surface area (Å²) in [5.41, 5.74) is 0. The molecule has 0 bridgehead atoms. The molecule has 1 aromatic heterocycles. The van der Waals surface area contributed by atoms with Gasteiger partial charge in [-0.05, 0) is 25.5 Å². The zero-order chi connectivity index (χ0) is 21.3. The third kappa shape index (κ3) is 11.7. The third-order valence-corrected chi connectivity index (χ3v) is 5.18. The molecule has 0 aromatic carbocycles. The lowest BCUT2D eigenvalue weighted by Gasteiger charge is -2.19. The Bertz CT molecular complexity index is 545. The second-order valence-corrected chi connectivity index (χ2v) is 7.86. The highest BCUT2D eigenvalue weighted by atomic mass is 16.3. The van der Waals surface area contributed by atoms with E-state index < -0.39 is 24.0 Å². The highest BCUT2D eigenvalue weighted by molar-refractivity contribution is 5.92. The van der Waals surface area contributed by atoms with Crippen molar-refractivity contribution >= 4 is 11.8 Å². The summed E-state index contributed by atoms with van der Waals surface area (Å²) in [6.45, 7) is 4.39. The van der Waals surface area contributed by atoms with Gasteiger partial charge in [0.25, 0.3) is 11.8 Å². The van der Waals surface area contributed by atoms with E-state index in [0.717, 1.165) is 12.8 Å². The van der Waals surface area contributed by atoms with E-state index in [9.17, 15) is 14.7 Å². The molecule has 0 fully saturated rings. The number of carbonyl (C=O) groups excluding carboxylic acids is 2. The first kappa shape index (κ1) is 25.2. The molecule has 0 aliphatic rings. The summed E-state index contributed by atoms with van der Waals surface area (Å²) >= 11 is 0. The largest absolute Gasteiger partial charge is 0.459 e. The first-order valence-corrected chi connectivity index (χ1v) is 11.4. The monoisotopic (exact) mass is 408 g/mol. The minimum absolute atomic E-state index is 0.154. The Labute approximate surface area is 175 Å². The zero-order valence-electron chi connectivity index (χ0n) is 18.3. The van der Waals surface area contributed by atoms with Gasteiger partial charge in [0.1, 0.15) is 0 Å². The number of aliphatic hydroxyl groups is 1. The van der Waals surface area contributed by atoms with E-state index >= 15 is 0 Å². The van der Waals surface area contributed by atoms with Gasteiger partial charge in [-0.15, -0.1) is 0 Å². The second-order valence-electron chi connectivity index (χ2n) is 7.86. The number of carbonyl (C=O) groups is 2. The van der Waals surface area contributed by atoms with E-state index in [-0.39, 0.29) is 5.76 Å². The molecular formula is C23H40N2O4. The number of furan rings is 1. The molecule has 0 spiro atoms. The van der Waals surface area contributed by atoms with Crippen LogP contribution in [-0.4, -0.2) is 35.6 Å². The topological polar surface area (TPSA) is 91.6 Å². The third-order valence-electron chi connectivity index (χ3n) is 5.18. The van der Waals surface area contributed by atoms with E-state index in [2.05, 4.69) is 17.6 Å². The van der Waals surface area contributed by atoms with Crippen molar-refractivity contribution in [1.29, 1.82) is 0 Å². The van der Waals surface area contributed by atoms with Crippen molar-refractivity contribution in [2.75, 3.05) is 6.54 Å². The molecule has 6 nitrogen and oxygen atoms in total. The Kier molecular flexibility index (Phi) is 13.9. The molecule has 0 aliphatic heterocycles. The highest BCUT2D eigenvalue weighted by Crippen LogP contribution is 2.11. The summed E-state index contributed by atoms with van der Waals surface area (Å²) in [5, 5.41) is 15.4. The van der Waals surface area contributed by atoms with Gasteiger partial charge in [0.15, 0.2) is 11.9 Å². The Morgan fingerprint density at radius 2 is 1.52 bits per heavy atom. The SMILES string of the molecule is CCCCCCCCCCCCCCNC(=O)[C@H](O)[C@H](C)NC(=O)c1ccco1. The summed E-state index contributed by atoms with van der Waals surface area (Å²) in [4.78, 5) is 23.9. The van der Waals surface area contributed by atoms with Crippen LogP contribution in [0.15, 0.2) is 22.8 Å². The first-order valence-electron chi connectivity index (χ1n) is 11.4. The maximum atomic E-state index is 12.0. The molecule has 1 rings (SSSR count). The van der Waals surface area contributed by atoms with Crippen molar-refractivity contribution in [3.05, 3.63) is 24.2 Å². The van der Waals surface area contributed by atoms with Crippen molar-refractivity contribution < 1.29 is 19.1 Å². The van der Waals surface area contributed by atoms with Crippen LogP contribution in [0.25, 0.3) is 0 Å². The number of amides is 2. The van der Waals surface area contributed by atoms with Gasteiger partial charge in [-0.25, -0.2) is 0 Å². The normalized spacial score (nSPS) is 13.1. The van der Waals surface area contributed by atoms with Gasteiger partial charge in [-0.2, -0.15) is 0 Å². The molecule has 6 heteroatoms. The fourth-order valence-electron chi connectivity index (χ4n) is 3.27. The molecule has 0 radical (unpaired) electrons. The number of hydrogen-bond donors (Lipinski definition) is 3. The average Bonchev–Trinajstić information content (AvgIpc) is 3.25. The molecule has 0 saturated carbocycles. The summed E-state index contributed by atoms with van der Waals surface area (Å²) in [5.74, 6) is -0.753. The Balaban J connectivity index is 1.98. The van der Waals surface area contributed by atoms with E-state index in [1.165, 1.54) is 76.5 Å². The van der Waals surface area contributed by atoms with Crippen LogP contribution in [0.1, 0.15) is 101 Å². The van der Waals surface area contributed by atoms with Crippen LogP contribution in [0.3, 0.4) is 0 Å². The van der Waals surface area contributed by atoms with Crippen LogP contribution in [0.4, 0.5) is 0 Å². The van der Waals surface area contributed by atoms with Crippen LogP contribution in [-0.2, 0) is 4.79 Å². The minimum Gasteiger partial charge on any atom is -0.459 e. The summed E-state index contributed by atoms with van der Waals surface area (Å²) in [7, 11) is 0. The van der Waals surface area contributed by atoms with Crippen LogP contribution in [0.2, 0.25) is 0 Å². The van der Waals surface area contributed by atoms with Gasteiger partial charge in [-0.3, -0.25) is 9.59 Å². The molecule has 2 amide bonds. The summed E-state index contributed by atoms with van der Waals surface area (Å²) in [6, 6.07) is 2.44. The van der Waals surface area contributed by atoms with Crippen LogP contribution < -0.4 is 10.6 Å². The van der Waals surface area contributed by atoms with Gasteiger partial charge in [-0.1, -0.05) is 77.6 Å². The number of hydrogen-bond acceptors (Lipinski definition) is 4. The maximum absolute atomic E-state index is 12.0. The van der Waals surface area contributed by atoms with Gasteiger partial charge in [0, 0.05) is 6.54 Å². The highest BCUT2D eigenvalue weighted by Gasteiger charge is 2.24.